The summed E-state index contributed by atoms with van der Waals surface area (Å²) < 4.78 is 0. The highest BCUT2D eigenvalue weighted by Crippen LogP contribution is 2.37. The van der Waals surface area contributed by atoms with Crippen LogP contribution in [-0.2, 0) is 0 Å². The quantitative estimate of drug-likeness (QED) is 0.459. The molecule has 1 saturated carbocycles. The van der Waals surface area contributed by atoms with Gasteiger partial charge in [0.2, 0.25) is 5.95 Å². The van der Waals surface area contributed by atoms with Crippen LogP contribution in [0.1, 0.15) is 6.42 Å². The first kappa shape index (κ1) is 12.2. The van der Waals surface area contributed by atoms with Crippen molar-refractivity contribution >= 4 is 29.1 Å². The van der Waals surface area contributed by atoms with Crippen LogP contribution in [0.15, 0.2) is 0 Å². The molecule has 0 amide bonds. The Morgan fingerprint density at radius 3 is 2.82 bits per heavy atom. The topological polar surface area (TPSA) is 130 Å². The highest BCUT2D eigenvalue weighted by Gasteiger charge is 2.42. The average Bonchev–Trinajstić information content (AvgIpc) is 3.03. The molecule has 1 fully saturated rings. The van der Waals surface area contributed by atoms with Gasteiger partial charge in [0.25, 0.3) is 0 Å². The summed E-state index contributed by atoms with van der Waals surface area (Å²) in [5.74, 6) is 0.390. The smallest absolute Gasteiger partial charge is 0.223 e. The number of aliphatic hydroxyl groups excluding tert-OH is 2. The fraction of sp³-hybridized carbons (Fsp3) is 0.556. The largest absolute Gasteiger partial charge is 0.394 e. The third-order valence-corrected chi connectivity index (χ3v) is 3.05. The highest BCUT2D eigenvalue weighted by molar-refractivity contribution is 6.32. The SMILES string of the molecule is Nc1nc(Cl)c(N)c(N[C@H]2C[C@H]2[C@H](O)CO)n1. The first-order valence-electron chi connectivity index (χ1n) is 5.17. The Morgan fingerprint density at radius 2 is 2.18 bits per heavy atom. The van der Waals surface area contributed by atoms with E-state index in [1.54, 1.807) is 0 Å². The number of aromatic nitrogens is 2. The van der Waals surface area contributed by atoms with E-state index in [0.29, 0.717) is 5.82 Å². The number of rotatable bonds is 4. The zero-order valence-electron chi connectivity index (χ0n) is 8.97. The number of hydrogen-bond acceptors (Lipinski definition) is 7. The van der Waals surface area contributed by atoms with Gasteiger partial charge in [0.05, 0.1) is 12.7 Å². The molecule has 17 heavy (non-hydrogen) atoms. The van der Waals surface area contributed by atoms with Crippen LogP contribution in [-0.4, -0.2) is 38.9 Å². The van der Waals surface area contributed by atoms with Crippen molar-refractivity contribution in [3.05, 3.63) is 5.15 Å². The minimum absolute atomic E-state index is 0.00522. The Hall–Kier alpha value is -1.31. The number of nitrogens with zero attached hydrogens (tertiary/aromatic N) is 2. The summed E-state index contributed by atoms with van der Waals surface area (Å²) in [6, 6.07) is 0.0183. The lowest BCUT2D eigenvalue weighted by Gasteiger charge is -2.10. The fourth-order valence-electron chi connectivity index (χ4n) is 1.69. The number of hydrogen-bond donors (Lipinski definition) is 5. The molecule has 1 aromatic rings. The second-order valence-corrected chi connectivity index (χ2v) is 4.39. The van der Waals surface area contributed by atoms with Crippen molar-refractivity contribution in [2.24, 2.45) is 5.92 Å². The van der Waals surface area contributed by atoms with E-state index in [4.69, 9.17) is 28.2 Å². The van der Waals surface area contributed by atoms with Crippen LogP contribution in [0.25, 0.3) is 0 Å². The van der Waals surface area contributed by atoms with E-state index in [-0.39, 0.29) is 35.4 Å². The van der Waals surface area contributed by atoms with Crippen molar-refractivity contribution in [2.75, 3.05) is 23.4 Å². The highest BCUT2D eigenvalue weighted by atomic mass is 35.5. The number of nitrogen functional groups attached to an aromatic ring is 2. The van der Waals surface area contributed by atoms with E-state index in [2.05, 4.69) is 15.3 Å². The Bertz CT molecular complexity index is 430. The van der Waals surface area contributed by atoms with Gasteiger partial charge >= 0.3 is 0 Å². The molecule has 0 bridgehead atoms. The Kier molecular flexibility index (Phi) is 3.23. The van der Waals surface area contributed by atoms with Gasteiger partial charge in [0.1, 0.15) is 5.69 Å². The maximum absolute atomic E-state index is 9.42. The second kappa shape index (κ2) is 4.52. The van der Waals surface area contributed by atoms with Gasteiger partial charge in [0, 0.05) is 12.0 Å². The fourth-order valence-corrected chi connectivity index (χ4v) is 1.86. The lowest BCUT2D eigenvalue weighted by atomic mass is 10.2. The molecule has 1 aromatic heterocycles. The molecule has 0 saturated heterocycles. The summed E-state index contributed by atoms with van der Waals surface area (Å²) in [7, 11) is 0. The molecule has 0 unspecified atom stereocenters. The van der Waals surface area contributed by atoms with Crippen molar-refractivity contribution in [2.45, 2.75) is 18.6 Å². The van der Waals surface area contributed by atoms with Gasteiger partial charge in [-0.25, -0.2) is 0 Å². The van der Waals surface area contributed by atoms with Gasteiger partial charge in [-0.1, -0.05) is 11.6 Å². The van der Waals surface area contributed by atoms with E-state index in [9.17, 15) is 5.11 Å². The van der Waals surface area contributed by atoms with Crippen LogP contribution in [0.4, 0.5) is 17.5 Å². The summed E-state index contributed by atoms with van der Waals surface area (Å²) in [5, 5.41) is 21.3. The molecule has 7 N–H and O–H groups in total. The summed E-state index contributed by atoms with van der Waals surface area (Å²) in [5.41, 5.74) is 11.4. The third-order valence-electron chi connectivity index (χ3n) is 2.76. The summed E-state index contributed by atoms with van der Waals surface area (Å²) in [6.07, 6.45) is 0.00580. The van der Waals surface area contributed by atoms with Gasteiger partial charge in [-0.05, 0) is 6.42 Å². The number of halogens is 1. The standard InChI is InChI=1S/C9H14ClN5O2/c10-7-6(11)8(15-9(12)14-7)13-4-1-3(4)5(17)2-16/h3-5,16-17H,1-2,11H2,(H3,12,13,14,15)/t3-,4+,5-/m1/s1. The van der Waals surface area contributed by atoms with Crippen molar-refractivity contribution in [3.63, 3.8) is 0 Å². The maximum Gasteiger partial charge on any atom is 0.223 e. The summed E-state index contributed by atoms with van der Waals surface area (Å²) in [6.45, 7) is -0.259. The predicted octanol–water partition coefficient (Wildman–Crippen LogP) is -0.552. The molecule has 3 atom stereocenters. The minimum atomic E-state index is -0.733. The van der Waals surface area contributed by atoms with Crippen LogP contribution in [0.2, 0.25) is 5.15 Å². The Morgan fingerprint density at radius 1 is 1.47 bits per heavy atom. The van der Waals surface area contributed by atoms with E-state index >= 15 is 0 Å². The zero-order valence-corrected chi connectivity index (χ0v) is 9.72. The van der Waals surface area contributed by atoms with Gasteiger partial charge in [-0.15, -0.1) is 0 Å². The molecule has 94 valence electrons. The predicted molar refractivity (Wildman–Crippen MR) is 64.5 cm³/mol. The van der Waals surface area contributed by atoms with Crippen LogP contribution in [0, 0.1) is 5.92 Å². The minimum Gasteiger partial charge on any atom is -0.394 e. The molecule has 0 radical (unpaired) electrons. The van der Waals surface area contributed by atoms with Crippen LogP contribution in [0.5, 0.6) is 0 Å². The van der Waals surface area contributed by atoms with E-state index < -0.39 is 6.10 Å². The molecule has 0 aromatic carbocycles. The number of anilines is 3. The molecule has 1 aliphatic carbocycles. The van der Waals surface area contributed by atoms with Gasteiger partial charge in [0.15, 0.2) is 11.0 Å². The van der Waals surface area contributed by atoms with Crippen molar-refractivity contribution in [3.8, 4) is 0 Å². The van der Waals surface area contributed by atoms with E-state index in [0.717, 1.165) is 6.42 Å². The molecule has 0 spiro atoms. The van der Waals surface area contributed by atoms with Crippen LogP contribution >= 0.6 is 11.6 Å². The molecule has 1 aliphatic rings. The molecule has 2 rings (SSSR count). The normalized spacial score (nSPS) is 24.4. The lowest BCUT2D eigenvalue weighted by Crippen LogP contribution is -2.20. The molecular weight excluding hydrogens is 246 g/mol. The monoisotopic (exact) mass is 259 g/mol. The summed E-state index contributed by atoms with van der Waals surface area (Å²) in [4.78, 5) is 7.64. The van der Waals surface area contributed by atoms with Gasteiger partial charge in [-0.3, -0.25) is 0 Å². The molecular formula is C9H14ClN5O2. The zero-order chi connectivity index (χ0) is 12.6. The third kappa shape index (κ3) is 2.51. The molecule has 7 nitrogen and oxygen atoms in total. The number of nitrogens with two attached hydrogens (primary N) is 2. The van der Waals surface area contributed by atoms with Gasteiger partial charge < -0.3 is 27.0 Å². The first-order valence-corrected chi connectivity index (χ1v) is 5.54. The number of aliphatic hydroxyl groups is 2. The van der Waals surface area contributed by atoms with Crippen molar-refractivity contribution < 1.29 is 10.2 Å². The van der Waals surface area contributed by atoms with Crippen molar-refractivity contribution in [1.29, 1.82) is 0 Å². The van der Waals surface area contributed by atoms with Crippen LogP contribution < -0.4 is 16.8 Å². The Labute approximate surface area is 103 Å². The molecule has 1 heterocycles. The van der Waals surface area contributed by atoms with Gasteiger partial charge in [-0.2, -0.15) is 9.97 Å². The van der Waals surface area contributed by atoms with E-state index in [1.807, 2.05) is 0 Å². The van der Waals surface area contributed by atoms with Crippen molar-refractivity contribution in [1.82, 2.24) is 9.97 Å². The maximum atomic E-state index is 9.42. The lowest BCUT2D eigenvalue weighted by molar-refractivity contribution is 0.0772. The second-order valence-electron chi connectivity index (χ2n) is 4.04. The molecule has 8 heteroatoms. The molecule has 0 aliphatic heterocycles. The number of nitrogens with one attached hydrogen (secondary N) is 1. The van der Waals surface area contributed by atoms with E-state index in [1.165, 1.54) is 0 Å². The average molecular weight is 260 g/mol. The Balaban J connectivity index is 2.06. The first-order chi connectivity index (χ1) is 8.02. The van der Waals surface area contributed by atoms with Crippen LogP contribution in [0.3, 0.4) is 0 Å². The summed E-state index contributed by atoms with van der Waals surface area (Å²) >= 11 is 5.76.